The Kier molecular flexibility index (Phi) is 5.12. The number of halogens is 1. The number of rotatable bonds is 5. The van der Waals surface area contributed by atoms with Crippen LogP contribution in [0.1, 0.15) is 22.0 Å². The molecule has 2 aromatic carbocycles. The van der Waals surface area contributed by atoms with Gasteiger partial charge in [-0.3, -0.25) is 4.79 Å². The lowest BCUT2D eigenvalue weighted by Gasteiger charge is -2.15. The predicted octanol–water partition coefficient (Wildman–Crippen LogP) is 2.36. The number of aliphatic hydroxyl groups is 1. The highest BCUT2D eigenvalue weighted by atomic mass is 19.1. The van der Waals surface area contributed by atoms with Gasteiger partial charge in [0.2, 0.25) is 0 Å². The number of amides is 1. The summed E-state index contributed by atoms with van der Waals surface area (Å²) in [5, 5.41) is 12.7. The molecule has 0 saturated carbocycles. The first-order valence-corrected chi connectivity index (χ1v) is 6.96. The smallest absolute Gasteiger partial charge is 0.251 e. The van der Waals surface area contributed by atoms with Crippen molar-refractivity contribution in [1.29, 1.82) is 0 Å². The minimum absolute atomic E-state index is 0.0948. The number of carbonyl (C=O) groups excluding carboxylic acids is 1. The van der Waals surface area contributed by atoms with E-state index < -0.39 is 11.9 Å². The van der Waals surface area contributed by atoms with E-state index in [1.807, 2.05) is 43.3 Å². The van der Waals surface area contributed by atoms with E-state index in [9.17, 15) is 14.3 Å². The number of nitrogens with zero attached hydrogens (tertiary/aromatic N) is 1. The molecule has 0 spiro atoms. The summed E-state index contributed by atoms with van der Waals surface area (Å²) >= 11 is 0. The van der Waals surface area contributed by atoms with E-state index in [-0.39, 0.29) is 12.5 Å². The molecule has 116 valence electrons. The second-order valence-electron chi connectivity index (χ2n) is 5.22. The second-order valence-corrected chi connectivity index (χ2v) is 5.22. The first-order chi connectivity index (χ1) is 10.5. The fourth-order valence-electron chi connectivity index (χ4n) is 2.01. The SMILES string of the molecule is CN(C)c1ccc(C(O)CNC(=O)c2ccc(F)cc2)cc1. The van der Waals surface area contributed by atoms with Gasteiger partial charge in [-0.1, -0.05) is 12.1 Å². The molecule has 0 aliphatic heterocycles. The second kappa shape index (κ2) is 7.04. The van der Waals surface area contributed by atoms with E-state index in [1.54, 1.807) is 0 Å². The predicted molar refractivity (Wildman–Crippen MR) is 84.5 cm³/mol. The molecule has 1 atom stereocenters. The molecule has 0 fully saturated rings. The number of anilines is 1. The molecular formula is C17H19FN2O2. The van der Waals surface area contributed by atoms with Gasteiger partial charge < -0.3 is 15.3 Å². The highest BCUT2D eigenvalue weighted by Crippen LogP contribution is 2.17. The zero-order chi connectivity index (χ0) is 16.1. The lowest BCUT2D eigenvalue weighted by Crippen LogP contribution is -2.28. The fourth-order valence-corrected chi connectivity index (χ4v) is 2.01. The lowest BCUT2D eigenvalue weighted by molar-refractivity contribution is 0.0916. The zero-order valence-electron chi connectivity index (χ0n) is 12.6. The van der Waals surface area contributed by atoms with Crippen molar-refractivity contribution in [3.63, 3.8) is 0 Å². The van der Waals surface area contributed by atoms with Gasteiger partial charge in [-0.25, -0.2) is 4.39 Å². The van der Waals surface area contributed by atoms with Crippen molar-refractivity contribution in [1.82, 2.24) is 5.32 Å². The standard InChI is InChI=1S/C17H19FN2O2/c1-20(2)15-9-5-12(6-10-15)16(21)11-19-17(22)13-3-7-14(18)8-4-13/h3-10,16,21H,11H2,1-2H3,(H,19,22). The van der Waals surface area contributed by atoms with Gasteiger partial charge in [0.05, 0.1) is 6.10 Å². The zero-order valence-corrected chi connectivity index (χ0v) is 12.6. The van der Waals surface area contributed by atoms with Gasteiger partial charge in [-0.05, 0) is 42.0 Å². The third-order valence-corrected chi connectivity index (χ3v) is 3.36. The number of aliphatic hydroxyl groups excluding tert-OH is 1. The van der Waals surface area contributed by atoms with E-state index in [0.717, 1.165) is 11.3 Å². The van der Waals surface area contributed by atoms with Gasteiger partial charge >= 0.3 is 0 Å². The van der Waals surface area contributed by atoms with E-state index in [4.69, 9.17) is 0 Å². The number of nitrogens with one attached hydrogen (secondary N) is 1. The molecule has 0 radical (unpaired) electrons. The molecule has 2 aromatic rings. The molecule has 5 heteroatoms. The summed E-state index contributed by atoms with van der Waals surface area (Å²) in [6.45, 7) is 0.0948. The van der Waals surface area contributed by atoms with Crippen LogP contribution < -0.4 is 10.2 Å². The van der Waals surface area contributed by atoms with Gasteiger partial charge in [-0.2, -0.15) is 0 Å². The highest BCUT2D eigenvalue weighted by Gasteiger charge is 2.11. The average molecular weight is 302 g/mol. The van der Waals surface area contributed by atoms with Crippen LogP contribution in [-0.4, -0.2) is 31.7 Å². The topological polar surface area (TPSA) is 52.6 Å². The van der Waals surface area contributed by atoms with Crippen LogP contribution in [0.2, 0.25) is 0 Å². The number of hydrogen-bond acceptors (Lipinski definition) is 3. The van der Waals surface area contributed by atoms with Crippen LogP contribution in [0.15, 0.2) is 48.5 Å². The third-order valence-electron chi connectivity index (χ3n) is 3.36. The maximum absolute atomic E-state index is 12.8. The minimum Gasteiger partial charge on any atom is -0.387 e. The molecule has 22 heavy (non-hydrogen) atoms. The first-order valence-electron chi connectivity index (χ1n) is 6.96. The van der Waals surface area contributed by atoms with E-state index in [1.165, 1.54) is 24.3 Å². The largest absolute Gasteiger partial charge is 0.387 e. The Morgan fingerprint density at radius 2 is 1.73 bits per heavy atom. The Morgan fingerprint density at radius 1 is 1.14 bits per heavy atom. The molecule has 0 aliphatic rings. The quantitative estimate of drug-likeness (QED) is 0.891. The third kappa shape index (κ3) is 4.05. The number of hydrogen-bond donors (Lipinski definition) is 2. The van der Waals surface area contributed by atoms with Crippen molar-refractivity contribution >= 4 is 11.6 Å². The molecule has 4 nitrogen and oxygen atoms in total. The van der Waals surface area contributed by atoms with Crippen LogP contribution in [0.25, 0.3) is 0 Å². The summed E-state index contributed by atoms with van der Waals surface area (Å²) in [5.41, 5.74) is 2.12. The number of benzene rings is 2. The van der Waals surface area contributed by atoms with Crippen LogP contribution in [-0.2, 0) is 0 Å². The summed E-state index contributed by atoms with van der Waals surface area (Å²) < 4.78 is 12.8. The van der Waals surface area contributed by atoms with Gasteiger partial charge in [0.15, 0.2) is 0 Å². The van der Waals surface area contributed by atoms with Crippen molar-refractivity contribution in [3.8, 4) is 0 Å². The van der Waals surface area contributed by atoms with Crippen LogP contribution in [0, 0.1) is 5.82 Å². The molecule has 0 aliphatic carbocycles. The molecule has 1 amide bonds. The molecule has 0 heterocycles. The van der Waals surface area contributed by atoms with E-state index >= 15 is 0 Å². The maximum atomic E-state index is 12.8. The van der Waals surface area contributed by atoms with Crippen LogP contribution >= 0.6 is 0 Å². The Bertz CT molecular complexity index is 624. The fraction of sp³-hybridized carbons (Fsp3) is 0.235. The highest BCUT2D eigenvalue weighted by molar-refractivity contribution is 5.94. The van der Waals surface area contributed by atoms with E-state index in [2.05, 4.69) is 5.32 Å². The summed E-state index contributed by atoms with van der Waals surface area (Å²) in [5.74, 6) is -0.735. The molecule has 0 bridgehead atoms. The average Bonchev–Trinajstić information content (AvgIpc) is 2.53. The van der Waals surface area contributed by atoms with Gasteiger partial charge in [0.25, 0.3) is 5.91 Å². The summed E-state index contributed by atoms with van der Waals surface area (Å²) in [7, 11) is 3.88. The van der Waals surface area contributed by atoms with Crippen molar-refractivity contribution in [2.45, 2.75) is 6.10 Å². The molecule has 0 aromatic heterocycles. The van der Waals surface area contributed by atoms with Crippen LogP contribution in [0.5, 0.6) is 0 Å². The first kappa shape index (κ1) is 16.0. The van der Waals surface area contributed by atoms with Crippen molar-refractivity contribution in [2.75, 3.05) is 25.5 Å². The summed E-state index contributed by atoms with van der Waals surface area (Å²) in [4.78, 5) is 13.8. The Morgan fingerprint density at radius 3 is 2.27 bits per heavy atom. The Hall–Kier alpha value is -2.40. The van der Waals surface area contributed by atoms with Crippen molar-refractivity contribution < 1.29 is 14.3 Å². The van der Waals surface area contributed by atoms with Crippen LogP contribution in [0.3, 0.4) is 0 Å². The molecule has 0 saturated heterocycles. The summed E-state index contributed by atoms with van der Waals surface area (Å²) in [6, 6.07) is 12.7. The summed E-state index contributed by atoms with van der Waals surface area (Å²) in [6.07, 6.45) is -0.791. The van der Waals surface area contributed by atoms with Gasteiger partial charge in [-0.15, -0.1) is 0 Å². The monoisotopic (exact) mass is 302 g/mol. The number of carbonyl (C=O) groups is 1. The lowest BCUT2D eigenvalue weighted by atomic mass is 10.1. The Balaban J connectivity index is 1.93. The molecular weight excluding hydrogens is 283 g/mol. The van der Waals surface area contributed by atoms with Crippen molar-refractivity contribution in [3.05, 3.63) is 65.5 Å². The van der Waals surface area contributed by atoms with Gasteiger partial charge in [0, 0.05) is 31.9 Å². The van der Waals surface area contributed by atoms with E-state index in [0.29, 0.717) is 5.56 Å². The molecule has 2 N–H and O–H groups in total. The normalized spacial score (nSPS) is 11.8. The molecule has 1 unspecified atom stereocenters. The maximum Gasteiger partial charge on any atom is 0.251 e. The van der Waals surface area contributed by atoms with Crippen molar-refractivity contribution in [2.24, 2.45) is 0 Å². The Labute approximate surface area is 129 Å². The van der Waals surface area contributed by atoms with Gasteiger partial charge in [0.1, 0.15) is 5.82 Å². The minimum atomic E-state index is -0.791. The molecule has 2 rings (SSSR count). The van der Waals surface area contributed by atoms with Crippen LogP contribution in [0.4, 0.5) is 10.1 Å².